The molecule has 0 spiro atoms. The van der Waals surface area contributed by atoms with Crippen molar-refractivity contribution in [3.05, 3.63) is 30.1 Å². The van der Waals surface area contributed by atoms with Gasteiger partial charge in [0, 0.05) is 12.4 Å². The fraction of sp³-hybridized carbons (Fsp3) is 0.400. The molecule has 3 nitrogen and oxygen atoms in total. The molecule has 1 atom stereocenters. The minimum Gasteiger partial charge on any atom is -0.376 e. The normalized spacial score (nSPS) is 12.4. The second-order valence-corrected chi connectivity index (χ2v) is 3.45. The lowest BCUT2D eigenvalue weighted by atomic mass is 10.2. The predicted octanol–water partition coefficient (Wildman–Crippen LogP) is 2.00. The van der Waals surface area contributed by atoms with Gasteiger partial charge in [0.2, 0.25) is 5.24 Å². The van der Waals surface area contributed by atoms with Crippen LogP contribution in [0.4, 0.5) is 0 Å². The zero-order valence-corrected chi connectivity index (χ0v) is 8.70. The Morgan fingerprint density at radius 3 is 2.79 bits per heavy atom. The van der Waals surface area contributed by atoms with Gasteiger partial charge in [-0.25, -0.2) is 0 Å². The number of aromatic nitrogens is 1. The van der Waals surface area contributed by atoms with Crippen molar-refractivity contribution in [3.8, 4) is 0 Å². The first-order chi connectivity index (χ1) is 6.70. The molecule has 14 heavy (non-hydrogen) atoms. The summed E-state index contributed by atoms with van der Waals surface area (Å²) in [6.45, 7) is 2.57. The smallest absolute Gasteiger partial charge is 0.226 e. The van der Waals surface area contributed by atoms with E-state index in [1.165, 1.54) is 0 Å². The number of nitrogens with zero attached hydrogens (tertiary/aromatic N) is 1. The van der Waals surface area contributed by atoms with E-state index in [1.54, 1.807) is 19.3 Å². The summed E-state index contributed by atoms with van der Waals surface area (Å²) in [7, 11) is 0. The lowest BCUT2D eigenvalue weighted by Crippen LogP contribution is -2.11. The monoisotopic (exact) mass is 213 g/mol. The van der Waals surface area contributed by atoms with Crippen LogP contribution in [0.1, 0.15) is 12.5 Å². The SMILES string of the molecule is CC(COCc1ccncc1)C(=O)Cl. The Balaban J connectivity index is 2.26. The number of carbonyl (C=O) groups excluding carboxylic acids is 1. The third-order valence-corrected chi connectivity index (χ3v) is 2.15. The van der Waals surface area contributed by atoms with Crippen LogP contribution in [0.15, 0.2) is 24.5 Å². The summed E-state index contributed by atoms with van der Waals surface area (Å²) in [6, 6.07) is 3.74. The van der Waals surface area contributed by atoms with E-state index in [0.29, 0.717) is 13.2 Å². The molecule has 0 saturated heterocycles. The number of hydrogen-bond acceptors (Lipinski definition) is 3. The average molecular weight is 214 g/mol. The summed E-state index contributed by atoms with van der Waals surface area (Å²) in [6.07, 6.45) is 3.41. The van der Waals surface area contributed by atoms with Crippen molar-refractivity contribution in [2.45, 2.75) is 13.5 Å². The van der Waals surface area contributed by atoms with Crippen LogP contribution < -0.4 is 0 Å². The molecule has 76 valence electrons. The molecule has 0 bridgehead atoms. The second-order valence-electron chi connectivity index (χ2n) is 3.08. The predicted molar refractivity (Wildman–Crippen MR) is 53.9 cm³/mol. The number of rotatable bonds is 5. The minimum atomic E-state index is -0.361. The first kappa shape index (κ1) is 11.1. The number of pyridine rings is 1. The van der Waals surface area contributed by atoms with E-state index in [0.717, 1.165) is 5.56 Å². The molecule has 1 aromatic heterocycles. The summed E-state index contributed by atoms with van der Waals surface area (Å²) in [5.41, 5.74) is 1.04. The highest BCUT2D eigenvalue weighted by Crippen LogP contribution is 2.04. The van der Waals surface area contributed by atoms with Gasteiger partial charge >= 0.3 is 0 Å². The molecule has 0 radical (unpaired) electrons. The maximum atomic E-state index is 10.7. The van der Waals surface area contributed by atoms with Crippen LogP contribution in [-0.2, 0) is 16.1 Å². The molecule has 1 unspecified atom stereocenters. The van der Waals surface area contributed by atoms with Gasteiger partial charge in [0.1, 0.15) is 0 Å². The van der Waals surface area contributed by atoms with Crippen LogP contribution in [0.25, 0.3) is 0 Å². The van der Waals surface area contributed by atoms with Crippen molar-refractivity contribution in [1.82, 2.24) is 4.98 Å². The van der Waals surface area contributed by atoms with Crippen molar-refractivity contribution in [2.75, 3.05) is 6.61 Å². The quantitative estimate of drug-likeness (QED) is 0.703. The number of carbonyl (C=O) groups is 1. The first-order valence-corrected chi connectivity index (χ1v) is 4.74. The lowest BCUT2D eigenvalue weighted by molar-refractivity contribution is -0.116. The number of halogens is 1. The Kier molecular flexibility index (Phi) is 4.56. The molecular weight excluding hydrogens is 202 g/mol. The zero-order valence-electron chi connectivity index (χ0n) is 7.94. The van der Waals surface area contributed by atoms with Gasteiger partial charge in [0.25, 0.3) is 0 Å². The van der Waals surface area contributed by atoms with E-state index in [-0.39, 0.29) is 11.2 Å². The van der Waals surface area contributed by atoms with Crippen LogP contribution in [0.2, 0.25) is 0 Å². The fourth-order valence-electron chi connectivity index (χ4n) is 0.898. The van der Waals surface area contributed by atoms with Crippen molar-refractivity contribution in [1.29, 1.82) is 0 Å². The largest absolute Gasteiger partial charge is 0.376 e. The van der Waals surface area contributed by atoms with Gasteiger partial charge in [-0.1, -0.05) is 6.92 Å². The maximum absolute atomic E-state index is 10.7. The molecule has 0 aliphatic heterocycles. The van der Waals surface area contributed by atoms with E-state index in [9.17, 15) is 4.79 Å². The summed E-state index contributed by atoms with van der Waals surface area (Å²) in [5, 5.41) is -0.361. The van der Waals surface area contributed by atoms with E-state index in [4.69, 9.17) is 16.3 Å². The lowest BCUT2D eigenvalue weighted by Gasteiger charge is -2.07. The zero-order chi connectivity index (χ0) is 10.4. The van der Waals surface area contributed by atoms with Crippen molar-refractivity contribution < 1.29 is 9.53 Å². The van der Waals surface area contributed by atoms with Gasteiger partial charge in [-0.05, 0) is 29.3 Å². The Labute approximate surface area is 88.1 Å². The summed E-state index contributed by atoms with van der Waals surface area (Å²) < 4.78 is 5.31. The van der Waals surface area contributed by atoms with E-state index >= 15 is 0 Å². The highest BCUT2D eigenvalue weighted by molar-refractivity contribution is 6.63. The molecule has 1 heterocycles. The topological polar surface area (TPSA) is 39.2 Å². The highest BCUT2D eigenvalue weighted by Gasteiger charge is 2.09. The van der Waals surface area contributed by atoms with Gasteiger partial charge in [-0.2, -0.15) is 0 Å². The Hall–Kier alpha value is -0.930. The Morgan fingerprint density at radius 1 is 1.57 bits per heavy atom. The van der Waals surface area contributed by atoms with E-state index < -0.39 is 0 Å². The van der Waals surface area contributed by atoms with Crippen molar-refractivity contribution in [2.24, 2.45) is 5.92 Å². The standard InChI is InChI=1S/C10H12ClNO2/c1-8(10(11)13)6-14-7-9-2-4-12-5-3-9/h2-5,8H,6-7H2,1H3. The Morgan fingerprint density at radius 2 is 2.21 bits per heavy atom. The number of hydrogen-bond donors (Lipinski definition) is 0. The molecule has 0 N–H and O–H groups in total. The summed E-state index contributed by atoms with van der Waals surface area (Å²) >= 11 is 5.28. The molecule has 0 aliphatic rings. The third-order valence-electron chi connectivity index (χ3n) is 1.77. The molecule has 0 amide bonds. The van der Waals surface area contributed by atoms with Gasteiger partial charge in [0.05, 0.1) is 19.1 Å². The maximum Gasteiger partial charge on any atom is 0.226 e. The average Bonchev–Trinajstić information content (AvgIpc) is 2.19. The fourth-order valence-corrected chi connectivity index (χ4v) is 0.961. The van der Waals surface area contributed by atoms with Crippen molar-refractivity contribution in [3.63, 3.8) is 0 Å². The van der Waals surface area contributed by atoms with Crippen LogP contribution in [0.5, 0.6) is 0 Å². The molecule has 0 saturated carbocycles. The molecule has 1 rings (SSSR count). The molecular formula is C10H12ClNO2. The third kappa shape index (κ3) is 3.85. The van der Waals surface area contributed by atoms with Gasteiger partial charge < -0.3 is 4.74 Å². The first-order valence-electron chi connectivity index (χ1n) is 4.36. The molecule has 1 aromatic rings. The second kappa shape index (κ2) is 5.73. The minimum absolute atomic E-state index is 0.251. The van der Waals surface area contributed by atoms with Crippen LogP contribution in [0, 0.1) is 5.92 Å². The molecule has 0 aromatic carbocycles. The highest BCUT2D eigenvalue weighted by atomic mass is 35.5. The molecule has 4 heteroatoms. The summed E-state index contributed by atoms with van der Waals surface area (Å²) in [5.74, 6) is -0.251. The van der Waals surface area contributed by atoms with E-state index in [2.05, 4.69) is 4.98 Å². The van der Waals surface area contributed by atoms with Crippen LogP contribution in [0.3, 0.4) is 0 Å². The van der Waals surface area contributed by atoms with Gasteiger partial charge in [0.15, 0.2) is 0 Å². The molecule has 0 fully saturated rings. The number of ether oxygens (including phenoxy) is 1. The van der Waals surface area contributed by atoms with Gasteiger partial charge in [-0.3, -0.25) is 9.78 Å². The van der Waals surface area contributed by atoms with E-state index in [1.807, 2.05) is 12.1 Å². The van der Waals surface area contributed by atoms with Crippen LogP contribution in [-0.4, -0.2) is 16.8 Å². The summed E-state index contributed by atoms with van der Waals surface area (Å²) in [4.78, 5) is 14.5. The Bertz CT molecular complexity index is 289. The van der Waals surface area contributed by atoms with Crippen molar-refractivity contribution >= 4 is 16.8 Å². The van der Waals surface area contributed by atoms with Crippen LogP contribution >= 0.6 is 11.6 Å². The molecule has 0 aliphatic carbocycles. The van der Waals surface area contributed by atoms with Gasteiger partial charge in [-0.15, -0.1) is 0 Å².